The van der Waals surface area contributed by atoms with Crippen molar-refractivity contribution in [3.8, 4) is 5.75 Å². The molecule has 5 N–H and O–H groups in total. The molecule has 2 rings (SSSR count). The van der Waals surface area contributed by atoms with Crippen molar-refractivity contribution in [1.29, 1.82) is 5.41 Å². The second kappa shape index (κ2) is 14.2. The summed E-state index contributed by atoms with van der Waals surface area (Å²) in [4.78, 5) is 28.4. The Morgan fingerprint density at radius 1 is 1.30 bits per heavy atom. The van der Waals surface area contributed by atoms with Crippen LogP contribution in [0.4, 0.5) is 15.9 Å². The van der Waals surface area contributed by atoms with Gasteiger partial charge in [-0.3, -0.25) is 15.0 Å². The van der Waals surface area contributed by atoms with Crippen LogP contribution >= 0.6 is 11.6 Å². The molecule has 0 fully saturated rings. The van der Waals surface area contributed by atoms with Gasteiger partial charge in [0.25, 0.3) is 5.91 Å². The quantitative estimate of drug-likeness (QED) is 0.188. The molecule has 33 heavy (non-hydrogen) atoms. The zero-order valence-corrected chi connectivity index (χ0v) is 18.9. The van der Waals surface area contributed by atoms with E-state index in [9.17, 15) is 14.0 Å². The number of ether oxygens (including phenoxy) is 1. The number of rotatable bonds is 8. The first-order valence-electron chi connectivity index (χ1n) is 9.52. The molecule has 0 saturated heterocycles. The summed E-state index contributed by atoms with van der Waals surface area (Å²) >= 11 is 5.78. The van der Waals surface area contributed by atoms with Crippen molar-refractivity contribution in [3.63, 3.8) is 0 Å². The fourth-order valence-corrected chi connectivity index (χ4v) is 2.27. The molecule has 0 spiro atoms. The second-order valence-electron chi connectivity index (χ2n) is 6.33. The number of amides is 2. The van der Waals surface area contributed by atoms with Crippen LogP contribution in [0.1, 0.15) is 23.7 Å². The fourth-order valence-electron chi connectivity index (χ4n) is 2.16. The maximum Gasteiger partial charge on any atom is 0.259 e. The van der Waals surface area contributed by atoms with E-state index in [1.54, 1.807) is 24.3 Å². The lowest BCUT2D eigenvalue weighted by molar-refractivity contribution is -0.111. The van der Waals surface area contributed by atoms with Crippen LogP contribution in [0.3, 0.4) is 0 Å². The van der Waals surface area contributed by atoms with Gasteiger partial charge in [-0.1, -0.05) is 30.3 Å². The molecule has 2 aromatic rings. The molecule has 174 valence electrons. The number of amidine groups is 1. The highest BCUT2D eigenvalue weighted by Crippen LogP contribution is 2.23. The molecular formula is C23H25ClFN5O3. The van der Waals surface area contributed by atoms with Gasteiger partial charge in [0.15, 0.2) is 0 Å². The van der Waals surface area contributed by atoms with E-state index in [1.807, 2.05) is 0 Å². The molecule has 0 aliphatic carbocycles. The van der Waals surface area contributed by atoms with Crippen LogP contribution in [-0.2, 0) is 4.79 Å². The number of halogens is 2. The molecule has 0 bridgehead atoms. The highest BCUT2D eigenvalue weighted by Gasteiger charge is 2.15. The van der Waals surface area contributed by atoms with Gasteiger partial charge in [0.2, 0.25) is 5.91 Å². The average molecular weight is 474 g/mol. The molecule has 0 aliphatic rings. The van der Waals surface area contributed by atoms with Crippen molar-refractivity contribution in [2.75, 3.05) is 17.7 Å². The van der Waals surface area contributed by atoms with E-state index >= 15 is 0 Å². The fraction of sp³-hybridized carbons (Fsp3) is 0.130. The molecule has 10 heteroatoms. The first kappa shape index (κ1) is 27.1. The number of anilines is 2. The van der Waals surface area contributed by atoms with Crippen LogP contribution in [0.15, 0.2) is 73.2 Å². The molecule has 0 unspecified atom stereocenters. The van der Waals surface area contributed by atoms with Crippen molar-refractivity contribution < 1.29 is 18.7 Å². The summed E-state index contributed by atoms with van der Waals surface area (Å²) in [5, 5.41) is 12.4. The first-order valence-corrected chi connectivity index (χ1v) is 9.90. The predicted octanol–water partition coefficient (Wildman–Crippen LogP) is 4.86. The highest BCUT2D eigenvalue weighted by molar-refractivity contribution is 6.30. The SMILES string of the molecule is C/C(F)=C\CC(=N)N.C=C/C=C/C(=O)Nc1ccc(OC)cc1C(=O)Nc1ccc(Cl)cn1. The number of benzene rings is 1. The van der Waals surface area contributed by atoms with E-state index in [0.717, 1.165) is 0 Å². The van der Waals surface area contributed by atoms with Gasteiger partial charge in [0.1, 0.15) is 11.6 Å². The molecule has 0 atom stereocenters. The van der Waals surface area contributed by atoms with Gasteiger partial charge in [0.05, 0.1) is 35.0 Å². The van der Waals surface area contributed by atoms with Gasteiger partial charge in [-0.25, -0.2) is 9.37 Å². The van der Waals surface area contributed by atoms with Crippen LogP contribution in [0.5, 0.6) is 5.75 Å². The summed E-state index contributed by atoms with van der Waals surface area (Å²) in [7, 11) is 1.49. The first-order chi connectivity index (χ1) is 15.7. The van der Waals surface area contributed by atoms with Gasteiger partial charge < -0.3 is 21.1 Å². The number of nitrogens with one attached hydrogen (secondary N) is 3. The predicted molar refractivity (Wildman–Crippen MR) is 130 cm³/mol. The number of pyridine rings is 1. The number of nitrogens with two attached hydrogens (primary N) is 1. The van der Waals surface area contributed by atoms with E-state index in [2.05, 4.69) is 22.2 Å². The number of methoxy groups -OCH3 is 1. The van der Waals surface area contributed by atoms with Gasteiger partial charge in [-0.15, -0.1) is 0 Å². The average Bonchev–Trinajstić information content (AvgIpc) is 2.78. The molecule has 0 aliphatic heterocycles. The maximum atomic E-state index is 12.6. The normalized spacial score (nSPS) is 10.6. The Kier molecular flexibility index (Phi) is 11.6. The molecule has 0 radical (unpaired) electrons. The molecule has 1 heterocycles. The molecule has 1 aromatic heterocycles. The lowest BCUT2D eigenvalue weighted by atomic mass is 10.1. The minimum absolute atomic E-state index is 0.0120. The number of carbonyl (C=O) groups excluding carboxylic acids is 2. The molecule has 2 amide bonds. The lowest BCUT2D eigenvalue weighted by Crippen LogP contribution is -2.17. The smallest absolute Gasteiger partial charge is 0.259 e. The number of hydrogen-bond donors (Lipinski definition) is 4. The monoisotopic (exact) mass is 473 g/mol. The maximum absolute atomic E-state index is 12.6. The Morgan fingerprint density at radius 3 is 2.55 bits per heavy atom. The van der Waals surface area contributed by atoms with E-state index in [1.165, 1.54) is 50.6 Å². The van der Waals surface area contributed by atoms with Crippen molar-refractivity contribution >= 4 is 40.8 Å². The number of allylic oxidation sites excluding steroid dienone is 3. The third-order valence-electron chi connectivity index (χ3n) is 3.69. The molecule has 1 aromatic carbocycles. The Balaban J connectivity index is 0.000000582. The van der Waals surface area contributed by atoms with E-state index in [4.69, 9.17) is 27.5 Å². The summed E-state index contributed by atoms with van der Waals surface area (Å²) in [6.07, 6.45) is 7.18. The minimum atomic E-state index is -0.447. The Morgan fingerprint density at radius 2 is 2.03 bits per heavy atom. The van der Waals surface area contributed by atoms with Crippen molar-refractivity contribution in [3.05, 3.63) is 83.8 Å². The minimum Gasteiger partial charge on any atom is -0.497 e. The summed E-state index contributed by atoms with van der Waals surface area (Å²) in [6, 6.07) is 7.94. The van der Waals surface area contributed by atoms with Gasteiger partial charge in [-0.2, -0.15) is 0 Å². The van der Waals surface area contributed by atoms with Crippen molar-refractivity contribution in [1.82, 2.24) is 4.98 Å². The highest BCUT2D eigenvalue weighted by atomic mass is 35.5. The van der Waals surface area contributed by atoms with Crippen molar-refractivity contribution in [2.24, 2.45) is 5.73 Å². The molecule has 0 saturated carbocycles. The van der Waals surface area contributed by atoms with Crippen LogP contribution in [0, 0.1) is 5.41 Å². The van der Waals surface area contributed by atoms with E-state index in [-0.39, 0.29) is 29.6 Å². The number of nitrogens with zero attached hydrogens (tertiary/aromatic N) is 1. The number of hydrogen-bond acceptors (Lipinski definition) is 5. The van der Waals surface area contributed by atoms with Crippen molar-refractivity contribution in [2.45, 2.75) is 13.3 Å². The van der Waals surface area contributed by atoms with Crippen LogP contribution in [0.2, 0.25) is 5.02 Å². The van der Waals surface area contributed by atoms with Crippen LogP contribution in [-0.4, -0.2) is 29.7 Å². The summed E-state index contributed by atoms with van der Waals surface area (Å²) in [5.41, 5.74) is 5.48. The lowest BCUT2D eigenvalue weighted by Gasteiger charge is -2.12. The van der Waals surface area contributed by atoms with Gasteiger partial charge in [-0.05, 0) is 43.3 Å². The van der Waals surface area contributed by atoms with Gasteiger partial charge >= 0.3 is 0 Å². The number of aromatic nitrogens is 1. The largest absolute Gasteiger partial charge is 0.497 e. The third kappa shape index (κ3) is 10.7. The Hall–Kier alpha value is -3.98. The Bertz CT molecular complexity index is 1050. The third-order valence-corrected chi connectivity index (χ3v) is 3.91. The summed E-state index contributed by atoms with van der Waals surface area (Å²) in [6.45, 7) is 4.82. The molecule has 8 nitrogen and oxygen atoms in total. The van der Waals surface area contributed by atoms with Crippen LogP contribution < -0.4 is 21.1 Å². The van der Waals surface area contributed by atoms with Gasteiger partial charge in [0, 0.05) is 18.7 Å². The summed E-state index contributed by atoms with van der Waals surface area (Å²) < 4.78 is 16.9. The second-order valence-corrected chi connectivity index (χ2v) is 6.77. The Labute approximate surface area is 196 Å². The zero-order valence-electron chi connectivity index (χ0n) is 18.2. The van der Waals surface area contributed by atoms with Crippen LogP contribution in [0.25, 0.3) is 0 Å². The summed E-state index contributed by atoms with van der Waals surface area (Å²) in [5.74, 6) is -0.322. The zero-order chi connectivity index (χ0) is 24.8. The van der Waals surface area contributed by atoms with E-state index in [0.29, 0.717) is 22.3 Å². The standard InChI is InChI=1S/C18H16ClN3O3.C5H9FN2/c1-3-4-5-17(23)21-15-8-7-13(25-2)10-14(15)18(24)22-16-9-6-12(19)11-20-16;1-4(6)2-3-5(7)8/h3-11H,1H2,2H3,(H,21,23)(H,20,22,24);2H,3H2,1H3,(H3,7,8)/b5-4+;4-2+. The number of carbonyl (C=O) groups is 2. The molecular weight excluding hydrogens is 449 g/mol. The van der Waals surface area contributed by atoms with E-state index < -0.39 is 5.91 Å². The topological polar surface area (TPSA) is 130 Å².